The molecule has 0 bridgehead atoms. The first-order valence-corrected chi connectivity index (χ1v) is 17.8. The van der Waals surface area contributed by atoms with Crippen LogP contribution in [0.4, 0.5) is 0 Å². The molecule has 8 heteroatoms. The molecule has 0 radical (unpaired) electrons. The first-order valence-electron chi connectivity index (χ1n) is 17.3. The molecule has 0 spiro atoms. The summed E-state index contributed by atoms with van der Waals surface area (Å²) in [7, 11) is 0. The van der Waals surface area contributed by atoms with Crippen molar-refractivity contribution in [2.45, 2.75) is 81.4 Å². The molecule has 0 saturated carbocycles. The van der Waals surface area contributed by atoms with E-state index in [0.29, 0.717) is 44.5 Å². The van der Waals surface area contributed by atoms with Gasteiger partial charge in [-0.05, 0) is 60.8 Å². The number of nitrogens with one attached hydrogen (secondary N) is 2. The highest BCUT2D eigenvalue weighted by Crippen LogP contribution is 2.32. The molecular weight excluding hydrogens is 619 g/mol. The number of piperidine rings is 1. The van der Waals surface area contributed by atoms with Crippen LogP contribution < -0.4 is 10.6 Å². The quantitative estimate of drug-likeness (QED) is 0.113. The Bertz CT molecular complexity index is 1560. The Labute approximate surface area is 290 Å². The third-order valence-corrected chi connectivity index (χ3v) is 9.88. The molecule has 2 aromatic rings. The van der Waals surface area contributed by atoms with Gasteiger partial charge in [-0.25, -0.2) is 0 Å². The second-order valence-electron chi connectivity index (χ2n) is 12.8. The summed E-state index contributed by atoms with van der Waals surface area (Å²) in [6.45, 7) is 1.35. The maximum atomic E-state index is 13.4. The lowest BCUT2D eigenvalue weighted by atomic mass is 9.87. The number of carbonyl (C=O) groups excluding carboxylic acids is 4. The Morgan fingerprint density at radius 1 is 0.812 bits per heavy atom. The Morgan fingerprint density at radius 3 is 2.25 bits per heavy atom. The van der Waals surface area contributed by atoms with E-state index in [9.17, 15) is 19.2 Å². The zero-order chi connectivity index (χ0) is 33.7. The van der Waals surface area contributed by atoms with Crippen LogP contribution in [0.25, 0.3) is 0 Å². The molecule has 3 amide bonds. The zero-order valence-corrected chi connectivity index (χ0v) is 28.5. The van der Waals surface area contributed by atoms with Crippen molar-refractivity contribution in [3.8, 4) is 0 Å². The van der Waals surface area contributed by atoms with Crippen LogP contribution in [0, 0.1) is 0 Å². The van der Waals surface area contributed by atoms with Crippen LogP contribution in [0.1, 0.15) is 86.0 Å². The summed E-state index contributed by atoms with van der Waals surface area (Å²) in [5.74, 6) is -0.435. The van der Waals surface area contributed by atoms with E-state index in [1.807, 2.05) is 36.4 Å². The van der Waals surface area contributed by atoms with Gasteiger partial charge in [0, 0.05) is 50.4 Å². The largest absolute Gasteiger partial charge is 0.354 e. The maximum Gasteiger partial charge on any atom is 0.243 e. The number of ketones is 1. The molecule has 7 nitrogen and oxygen atoms in total. The van der Waals surface area contributed by atoms with E-state index in [1.165, 1.54) is 11.1 Å². The van der Waals surface area contributed by atoms with E-state index in [1.54, 1.807) is 17.0 Å². The van der Waals surface area contributed by atoms with Gasteiger partial charge in [-0.2, -0.15) is 12.6 Å². The Balaban J connectivity index is 1.07. The number of hydrogen-bond donors (Lipinski definition) is 3. The van der Waals surface area contributed by atoms with Crippen LogP contribution in [0.2, 0.25) is 0 Å². The molecular formula is C40H47N3O4S. The van der Waals surface area contributed by atoms with Crippen LogP contribution in [0.3, 0.4) is 0 Å². The molecule has 2 unspecified atom stereocenters. The van der Waals surface area contributed by atoms with Gasteiger partial charge in [0.05, 0.1) is 5.25 Å². The number of fused-ring (bicyclic) bond motifs is 1. The highest BCUT2D eigenvalue weighted by molar-refractivity contribution is 7.81. The summed E-state index contributed by atoms with van der Waals surface area (Å²) < 4.78 is 0. The number of carbonyl (C=O) groups is 4. The van der Waals surface area contributed by atoms with Gasteiger partial charge < -0.3 is 15.5 Å². The third kappa shape index (κ3) is 9.69. The third-order valence-electron chi connectivity index (χ3n) is 9.39. The van der Waals surface area contributed by atoms with Crippen molar-refractivity contribution in [1.82, 2.24) is 15.5 Å². The topological polar surface area (TPSA) is 95.6 Å². The van der Waals surface area contributed by atoms with E-state index in [-0.39, 0.29) is 42.3 Å². The van der Waals surface area contributed by atoms with Crippen molar-refractivity contribution in [2.24, 2.45) is 0 Å². The number of Topliss-reactive ketones (excluding diaryl/α,β-unsaturated/α-hetero) is 1. The maximum absolute atomic E-state index is 13.4. The summed E-state index contributed by atoms with van der Waals surface area (Å²) in [5.41, 5.74) is 5.23. The Morgan fingerprint density at radius 2 is 1.52 bits per heavy atom. The van der Waals surface area contributed by atoms with E-state index < -0.39 is 11.3 Å². The molecule has 1 aliphatic heterocycles. The van der Waals surface area contributed by atoms with Crippen molar-refractivity contribution in [3.63, 3.8) is 0 Å². The van der Waals surface area contributed by atoms with Crippen molar-refractivity contribution in [2.75, 3.05) is 19.6 Å². The number of benzene rings is 2. The van der Waals surface area contributed by atoms with Crippen molar-refractivity contribution in [1.29, 1.82) is 0 Å². The molecule has 5 rings (SSSR count). The predicted octanol–water partition coefficient (Wildman–Crippen LogP) is 6.66. The fraction of sp³-hybridized carbons (Fsp3) is 0.400. The first-order chi connectivity index (χ1) is 23.4. The average Bonchev–Trinajstić information content (AvgIpc) is 3.14. The minimum atomic E-state index is -0.610. The SMILES string of the molecule is O=C(CCC(=O)N1CC2=CCCC=C2C[C@H]1C(=O)NCCCCC(S)C(=O)NCC(C1=CCCC=C1)c1ccccc1)c1ccccc1. The minimum absolute atomic E-state index is 0.0651. The number of allylic oxidation sites excluding steroid dienone is 5. The smallest absolute Gasteiger partial charge is 0.243 e. The van der Waals surface area contributed by atoms with Gasteiger partial charge in [-0.15, -0.1) is 0 Å². The number of thiol groups is 1. The molecule has 0 aromatic heterocycles. The fourth-order valence-corrected chi connectivity index (χ4v) is 6.92. The number of likely N-dealkylation sites (tertiary alicyclic amines) is 1. The summed E-state index contributed by atoms with van der Waals surface area (Å²) in [6.07, 6.45) is 17.5. The van der Waals surface area contributed by atoms with Gasteiger partial charge in [0.2, 0.25) is 17.7 Å². The normalized spacial score (nSPS) is 18.4. The zero-order valence-electron chi connectivity index (χ0n) is 27.6. The summed E-state index contributed by atoms with van der Waals surface area (Å²) in [4.78, 5) is 54.1. The van der Waals surface area contributed by atoms with Crippen LogP contribution in [-0.2, 0) is 14.4 Å². The van der Waals surface area contributed by atoms with E-state index >= 15 is 0 Å². The molecule has 1 saturated heterocycles. The Hall–Kier alpha value is -4.17. The van der Waals surface area contributed by atoms with Gasteiger partial charge in [0.1, 0.15) is 6.04 Å². The average molecular weight is 666 g/mol. The molecule has 2 aliphatic carbocycles. The monoisotopic (exact) mass is 665 g/mol. The molecule has 3 atom stereocenters. The van der Waals surface area contributed by atoms with Crippen LogP contribution in [-0.4, -0.2) is 59.3 Å². The molecule has 1 heterocycles. The number of nitrogens with zero attached hydrogens (tertiary/aromatic N) is 1. The predicted molar refractivity (Wildman–Crippen MR) is 194 cm³/mol. The van der Waals surface area contributed by atoms with Crippen molar-refractivity contribution >= 4 is 36.1 Å². The van der Waals surface area contributed by atoms with E-state index in [2.05, 4.69) is 65.8 Å². The van der Waals surface area contributed by atoms with Gasteiger partial charge in [0.15, 0.2) is 5.78 Å². The number of amides is 3. The molecule has 2 aromatic carbocycles. The molecule has 2 N–H and O–H groups in total. The van der Waals surface area contributed by atoms with Crippen LogP contribution in [0.15, 0.2) is 108 Å². The Kier molecular flexibility index (Phi) is 13.1. The fourth-order valence-electron chi connectivity index (χ4n) is 6.65. The standard InChI is InChI=1S/C40H47N3O4S/c44-36(31-18-8-3-9-19-31)23-24-38(45)43-28-33-21-11-10-20-32(33)26-35(43)39(46)41-25-13-12-22-37(48)40(47)42-27-34(29-14-4-1-5-15-29)30-16-6-2-7-17-30/h1,3-6,8-9,14-21,34-35,37,48H,2,7,10-13,22-28H2,(H,41,46)(H,42,47)/t34?,35-,37?/m0/s1. The van der Waals surface area contributed by atoms with Gasteiger partial charge >= 0.3 is 0 Å². The highest BCUT2D eigenvalue weighted by Gasteiger charge is 2.36. The van der Waals surface area contributed by atoms with Gasteiger partial charge in [0.25, 0.3) is 0 Å². The van der Waals surface area contributed by atoms with Crippen molar-refractivity contribution in [3.05, 3.63) is 119 Å². The molecule has 48 heavy (non-hydrogen) atoms. The second-order valence-corrected chi connectivity index (χ2v) is 13.4. The molecule has 3 aliphatic rings. The highest BCUT2D eigenvalue weighted by atomic mass is 32.1. The van der Waals surface area contributed by atoms with Gasteiger partial charge in [-0.1, -0.05) is 97.5 Å². The second kappa shape index (κ2) is 17.8. The summed E-state index contributed by atoms with van der Waals surface area (Å²) in [5, 5.41) is 5.71. The number of rotatable bonds is 15. The lowest BCUT2D eigenvalue weighted by Crippen LogP contribution is -2.53. The lowest BCUT2D eigenvalue weighted by molar-refractivity contribution is -0.140. The molecule has 1 fully saturated rings. The van der Waals surface area contributed by atoms with Crippen molar-refractivity contribution < 1.29 is 19.2 Å². The van der Waals surface area contributed by atoms with E-state index in [0.717, 1.165) is 43.3 Å². The lowest BCUT2D eigenvalue weighted by Gasteiger charge is -2.38. The number of unbranched alkanes of at least 4 members (excludes halogenated alkanes) is 1. The van der Waals surface area contributed by atoms with Crippen LogP contribution in [0.5, 0.6) is 0 Å². The summed E-state index contributed by atoms with van der Waals surface area (Å²) >= 11 is 4.60. The number of hydrogen-bond acceptors (Lipinski definition) is 5. The van der Waals surface area contributed by atoms with Crippen LogP contribution >= 0.6 is 12.6 Å². The molecule has 252 valence electrons. The first kappa shape index (κ1) is 35.1. The summed E-state index contributed by atoms with van der Waals surface area (Å²) in [6, 6.07) is 18.6. The minimum Gasteiger partial charge on any atom is -0.354 e. The van der Waals surface area contributed by atoms with Gasteiger partial charge in [-0.3, -0.25) is 19.2 Å². The van der Waals surface area contributed by atoms with E-state index in [4.69, 9.17) is 0 Å².